The van der Waals surface area contributed by atoms with Crippen molar-refractivity contribution < 1.29 is 9.18 Å². The van der Waals surface area contributed by atoms with Gasteiger partial charge in [0, 0.05) is 55.6 Å². The van der Waals surface area contributed by atoms with E-state index in [0.717, 1.165) is 5.56 Å². The summed E-state index contributed by atoms with van der Waals surface area (Å²) in [6, 6.07) is 11.0. The summed E-state index contributed by atoms with van der Waals surface area (Å²) in [6.07, 6.45) is 4.59. The number of Topliss-reactive ketones (excluding diaryl/α,β-unsaturated/α-hetero) is 1. The summed E-state index contributed by atoms with van der Waals surface area (Å²) in [4.78, 5) is 35.9. The maximum absolute atomic E-state index is 13.4. The molecule has 0 radical (unpaired) electrons. The molecule has 0 bridgehead atoms. The lowest BCUT2D eigenvalue weighted by atomic mass is 9.89. The first-order valence-electron chi connectivity index (χ1n) is 9.56. The molecular formula is C22H21FN4O2. The monoisotopic (exact) mass is 392 g/mol. The number of nitrogens with zero attached hydrogens (tertiary/aromatic N) is 4. The first-order valence-corrected chi connectivity index (χ1v) is 9.56. The van der Waals surface area contributed by atoms with E-state index in [1.165, 1.54) is 22.8 Å². The van der Waals surface area contributed by atoms with E-state index in [1.54, 1.807) is 31.6 Å². The molecule has 0 spiro atoms. The molecule has 0 unspecified atom stereocenters. The maximum Gasteiger partial charge on any atom is 0.255 e. The summed E-state index contributed by atoms with van der Waals surface area (Å²) in [7, 11) is 1.70. The smallest absolute Gasteiger partial charge is 0.255 e. The average molecular weight is 392 g/mol. The van der Waals surface area contributed by atoms with E-state index in [4.69, 9.17) is 4.98 Å². The molecule has 0 N–H and O–H groups in total. The zero-order chi connectivity index (χ0) is 20.4. The summed E-state index contributed by atoms with van der Waals surface area (Å²) >= 11 is 0. The number of benzene rings is 1. The normalized spacial score (nSPS) is 14.8. The topological polar surface area (TPSA) is 68.1 Å². The molecule has 3 heterocycles. The predicted molar refractivity (Wildman–Crippen MR) is 108 cm³/mol. The molecule has 0 amide bonds. The van der Waals surface area contributed by atoms with Crippen LogP contribution in [0, 0.1) is 11.7 Å². The Hall–Kier alpha value is -3.35. The molecule has 1 saturated heterocycles. The second-order valence-electron chi connectivity index (χ2n) is 7.21. The fourth-order valence-corrected chi connectivity index (χ4v) is 3.70. The van der Waals surface area contributed by atoms with Crippen molar-refractivity contribution in [1.82, 2.24) is 14.5 Å². The molecule has 1 aliphatic heterocycles. The first kappa shape index (κ1) is 19.0. The standard InChI is InChI=1S/C22H21FN4O2/c1-26-20(28)14-19(15-5-9-24-10-6-15)25-22(26)27-11-7-16(8-12-27)21(29)17-3-2-4-18(23)13-17/h2-6,9-10,13-14,16H,7-8,11-12H2,1H3. The van der Waals surface area contributed by atoms with Gasteiger partial charge in [-0.15, -0.1) is 0 Å². The van der Waals surface area contributed by atoms with Gasteiger partial charge in [0.15, 0.2) is 5.78 Å². The van der Waals surface area contributed by atoms with Crippen molar-refractivity contribution in [2.45, 2.75) is 12.8 Å². The van der Waals surface area contributed by atoms with Gasteiger partial charge in [-0.3, -0.25) is 19.1 Å². The highest BCUT2D eigenvalue weighted by molar-refractivity contribution is 5.98. The molecule has 6 nitrogen and oxygen atoms in total. The molecule has 2 aromatic heterocycles. The minimum atomic E-state index is -0.402. The number of carbonyl (C=O) groups excluding carboxylic acids is 1. The summed E-state index contributed by atoms with van der Waals surface area (Å²) in [5.74, 6) is -0.00799. The average Bonchev–Trinajstić information content (AvgIpc) is 2.76. The number of pyridine rings is 1. The van der Waals surface area contributed by atoms with Crippen LogP contribution in [0.25, 0.3) is 11.3 Å². The quantitative estimate of drug-likeness (QED) is 0.639. The Morgan fingerprint density at radius 2 is 1.83 bits per heavy atom. The van der Waals surface area contributed by atoms with Crippen LogP contribution >= 0.6 is 0 Å². The highest BCUT2D eigenvalue weighted by Gasteiger charge is 2.27. The van der Waals surface area contributed by atoms with Gasteiger partial charge in [-0.1, -0.05) is 12.1 Å². The summed E-state index contributed by atoms with van der Waals surface area (Å²) in [5, 5.41) is 0. The molecule has 148 valence electrons. The van der Waals surface area contributed by atoms with Crippen LogP contribution in [-0.2, 0) is 7.05 Å². The Kier molecular flexibility index (Phi) is 5.20. The lowest BCUT2D eigenvalue weighted by Crippen LogP contribution is -2.39. The number of ketones is 1. The number of aromatic nitrogens is 3. The second-order valence-corrected chi connectivity index (χ2v) is 7.21. The van der Waals surface area contributed by atoms with Crippen LogP contribution in [0.5, 0.6) is 0 Å². The Labute approximate surface area is 167 Å². The van der Waals surface area contributed by atoms with Crippen LogP contribution < -0.4 is 10.5 Å². The third-order valence-corrected chi connectivity index (χ3v) is 5.35. The van der Waals surface area contributed by atoms with Gasteiger partial charge in [-0.05, 0) is 37.1 Å². The molecule has 0 aliphatic carbocycles. The molecule has 1 aromatic carbocycles. The van der Waals surface area contributed by atoms with Crippen molar-refractivity contribution in [3.63, 3.8) is 0 Å². The van der Waals surface area contributed by atoms with Gasteiger partial charge in [-0.25, -0.2) is 9.37 Å². The minimum Gasteiger partial charge on any atom is -0.342 e. The third-order valence-electron chi connectivity index (χ3n) is 5.35. The third kappa shape index (κ3) is 3.94. The van der Waals surface area contributed by atoms with Gasteiger partial charge < -0.3 is 4.90 Å². The van der Waals surface area contributed by atoms with Crippen molar-refractivity contribution >= 4 is 11.7 Å². The second kappa shape index (κ2) is 7.95. The molecule has 3 aromatic rings. The molecular weight excluding hydrogens is 371 g/mol. The number of carbonyl (C=O) groups is 1. The number of hydrogen-bond donors (Lipinski definition) is 0. The van der Waals surface area contributed by atoms with Gasteiger partial charge in [0.05, 0.1) is 5.69 Å². The fraction of sp³-hybridized carbons (Fsp3) is 0.273. The molecule has 0 atom stereocenters. The number of anilines is 1. The number of hydrogen-bond acceptors (Lipinski definition) is 5. The lowest BCUT2D eigenvalue weighted by Gasteiger charge is -2.33. The highest BCUT2D eigenvalue weighted by Crippen LogP contribution is 2.26. The Bertz CT molecular complexity index is 1090. The van der Waals surface area contributed by atoms with Crippen LogP contribution in [0.2, 0.25) is 0 Å². The van der Waals surface area contributed by atoms with E-state index in [9.17, 15) is 14.0 Å². The minimum absolute atomic E-state index is 0.0310. The van der Waals surface area contributed by atoms with Crippen molar-refractivity contribution in [2.24, 2.45) is 13.0 Å². The Balaban J connectivity index is 1.53. The van der Waals surface area contributed by atoms with Crippen LogP contribution in [0.4, 0.5) is 10.3 Å². The van der Waals surface area contributed by atoms with Crippen LogP contribution in [-0.4, -0.2) is 33.4 Å². The van der Waals surface area contributed by atoms with E-state index in [0.29, 0.717) is 43.1 Å². The van der Waals surface area contributed by atoms with Crippen LogP contribution in [0.1, 0.15) is 23.2 Å². The predicted octanol–water partition coefficient (Wildman–Crippen LogP) is 3.08. The van der Waals surface area contributed by atoms with Gasteiger partial charge in [0.1, 0.15) is 5.82 Å². The van der Waals surface area contributed by atoms with Crippen LogP contribution in [0.15, 0.2) is 59.7 Å². The number of piperidine rings is 1. The van der Waals surface area contributed by atoms with Gasteiger partial charge in [0.2, 0.25) is 5.95 Å². The first-order chi connectivity index (χ1) is 14.0. The van der Waals surface area contributed by atoms with Gasteiger partial charge in [-0.2, -0.15) is 0 Å². The molecule has 7 heteroatoms. The molecule has 0 saturated carbocycles. The summed E-state index contributed by atoms with van der Waals surface area (Å²) in [5.41, 5.74) is 1.70. The fourth-order valence-electron chi connectivity index (χ4n) is 3.70. The SMILES string of the molecule is Cn1c(N2CCC(C(=O)c3cccc(F)c3)CC2)nc(-c2ccncc2)cc1=O. The Morgan fingerprint density at radius 3 is 2.52 bits per heavy atom. The molecule has 1 aliphatic rings. The molecule has 4 rings (SSSR count). The molecule has 1 fully saturated rings. The van der Waals surface area contributed by atoms with Crippen molar-refractivity contribution in [1.29, 1.82) is 0 Å². The van der Waals surface area contributed by atoms with E-state index in [-0.39, 0.29) is 17.3 Å². The van der Waals surface area contributed by atoms with E-state index < -0.39 is 5.82 Å². The van der Waals surface area contributed by atoms with Gasteiger partial charge in [0.25, 0.3) is 5.56 Å². The number of halogens is 1. The summed E-state index contributed by atoms with van der Waals surface area (Å²) < 4.78 is 15.0. The van der Waals surface area contributed by atoms with E-state index in [2.05, 4.69) is 4.98 Å². The van der Waals surface area contributed by atoms with Crippen LogP contribution in [0.3, 0.4) is 0 Å². The summed E-state index contributed by atoms with van der Waals surface area (Å²) in [6.45, 7) is 1.21. The van der Waals surface area contributed by atoms with Crippen molar-refractivity contribution in [3.05, 3.63) is 76.6 Å². The van der Waals surface area contributed by atoms with E-state index in [1.807, 2.05) is 17.0 Å². The number of rotatable bonds is 4. The molecule has 29 heavy (non-hydrogen) atoms. The largest absolute Gasteiger partial charge is 0.342 e. The highest BCUT2D eigenvalue weighted by atomic mass is 19.1. The zero-order valence-electron chi connectivity index (χ0n) is 16.1. The zero-order valence-corrected chi connectivity index (χ0v) is 16.1. The van der Waals surface area contributed by atoms with E-state index >= 15 is 0 Å². The van der Waals surface area contributed by atoms with Crippen molar-refractivity contribution in [2.75, 3.05) is 18.0 Å². The maximum atomic E-state index is 13.4. The van der Waals surface area contributed by atoms with Crippen molar-refractivity contribution in [3.8, 4) is 11.3 Å². The Morgan fingerprint density at radius 1 is 1.10 bits per heavy atom. The van der Waals surface area contributed by atoms with Gasteiger partial charge >= 0.3 is 0 Å². The lowest BCUT2D eigenvalue weighted by molar-refractivity contribution is 0.0899.